The standard InChI is InChI=1S/C10H8.3CH3O.Sn.H/c1-2-6-10-8-4-3-7-9(10)5-1;3*1-2;;/h1-8H;3*1H3;;/q;3*-1;+3;. The molecule has 17 heavy (non-hydrogen) atoms. The van der Waals surface area contributed by atoms with Crippen LogP contribution in [0.2, 0.25) is 0 Å². The first-order valence-corrected chi connectivity index (χ1v) is 9.37. The van der Waals surface area contributed by atoms with Crippen molar-refractivity contribution in [1.82, 2.24) is 0 Å². The van der Waals surface area contributed by atoms with E-state index in [1.54, 1.807) is 21.3 Å². The van der Waals surface area contributed by atoms with Gasteiger partial charge in [-0.15, -0.1) is 0 Å². The summed E-state index contributed by atoms with van der Waals surface area (Å²) in [6, 6.07) is 16.7. The molecule has 0 unspecified atom stereocenters. The van der Waals surface area contributed by atoms with Gasteiger partial charge in [-0.25, -0.2) is 0 Å². The monoisotopic (exact) mass is 342 g/mol. The van der Waals surface area contributed by atoms with Gasteiger partial charge in [0.15, 0.2) is 0 Å². The summed E-state index contributed by atoms with van der Waals surface area (Å²) in [4.78, 5) is 0. The van der Waals surface area contributed by atoms with E-state index in [2.05, 4.69) is 48.5 Å². The zero-order valence-corrected chi connectivity index (χ0v) is 13.7. The molecular formula is C13H18O3Sn. The molecule has 92 valence electrons. The van der Waals surface area contributed by atoms with E-state index in [4.69, 9.17) is 9.22 Å². The predicted molar refractivity (Wildman–Crippen MR) is 72.1 cm³/mol. The van der Waals surface area contributed by atoms with E-state index in [-0.39, 0.29) is 0 Å². The normalized spacial score (nSPS) is 10.1. The second kappa shape index (κ2) is 8.47. The van der Waals surface area contributed by atoms with E-state index in [0.29, 0.717) is 0 Å². The molecule has 0 radical (unpaired) electrons. The van der Waals surface area contributed by atoms with Crippen LogP contribution in [0, 0.1) is 0 Å². The van der Waals surface area contributed by atoms with E-state index in [1.165, 1.54) is 10.8 Å². The maximum Gasteiger partial charge on any atom is -0.0184 e. The van der Waals surface area contributed by atoms with Gasteiger partial charge in [-0.1, -0.05) is 48.5 Å². The molecule has 0 amide bonds. The molecule has 4 heteroatoms. The summed E-state index contributed by atoms with van der Waals surface area (Å²) < 4.78 is 14.4. The van der Waals surface area contributed by atoms with E-state index < -0.39 is 21.0 Å². The summed E-state index contributed by atoms with van der Waals surface area (Å²) in [5, 5.41) is 2.62. The van der Waals surface area contributed by atoms with Gasteiger partial charge in [0.05, 0.1) is 0 Å². The molecule has 0 N–H and O–H groups in total. The smallest absolute Gasteiger partial charge is 0.0184 e. The van der Waals surface area contributed by atoms with Gasteiger partial charge in [-0.2, -0.15) is 0 Å². The van der Waals surface area contributed by atoms with Gasteiger partial charge >= 0.3 is 51.6 Å². The number of hydrogen-bond donors (Lipinski definition) is 0. The summed E-state index contributed by atoms with van der Waals surface area (Å²) in [5.74, 6) is 0. The summed E-state index contributed by atoms with van der Waals surface area (Å²) in [7, 11) is 4.81. The Morgan fingerprint density at radius 2 is 0.941 bits per heavy atom. The van der Waals surface area contributed by atoms with Crippen LogP contribution in [-0.2, 0) is 9.22 Å². The van der Waals surface area contributed by atoms with Crippen molar-refractivity contribution in [2.45, 2.75) is 0 Å². The fourth-order valence-electron chi connectivity index (χ4n) is 1.42. The number of rotatable bonds is 3. The van der Waals surface area contributed by atoms with Crippen molar-refractivity contribution in [2.24, 2.45) is 0 Å². The van der Waals surface area contributed by atoms with Crippen LogP contribution >= 0.6 is 0 Å². The van der Waals surface area contributed by atoms with Gasteiger partial charge in [-0.05, 0) is 10.8 Å². The Kier molecular flexibility index (Phi) is 7.19. The van der Waals surface area contributed by atoms with E-state index in [0.717, 1.165) is 0 Å². The molecule has 2 aromatic carbocycles. The van der Waals surface area contributed by atoms with Gasteiger partial charge in [0, 0.05) is 0 Å². The van der Waals surface area contributed by atoms with Gasteiger partial charge in [0.1, 0.15) is 0 Å². The average Bonchev–Trinajstić information content (AvgIpc) is 2.42. The Morgan fingerprint density at radius 1 is 0.647 bits per heavy atom. The quantitative estimate of drug-likeness (QED) is 0.803. The van der Waals surface area contributed by atoms with E-state index in [1.807, 2.05) is 0 Å². The Hall–Kier alpha value is -0.621. The zero-order chi connectivity index (χ0) is 12.5. The Bertz CT molecular complexity index is 359. The molecule has 0 atom stereocenters. The Labute approximate surface area is 111 Å². The second-order valence-corrected chi connectivity index (χ2v) is 9.03. The molecule has 0 saturated heterocycles. The number of hydrogen-bond acceptors (Lipinski definition) is 3. The molecule has 0 saturated carbocycles. The van der Waals surface area contributed by atoms with E-state index >= 15 is 0 Å². The first-order valence-electron chi connectivity index (χ1n) is 5.34. The minimum atomic E-state index is -2.26. The summed E-state index contributed by atoms with van der Waals surface area (Å²) in [6.45, 7) is 0. The third kappa shape index (κ3) is 5.04. The number of benzene rings is 2. The molecule has 0 aliphatic carbocycles. The van der Waals surface area contributed by atoms with Crippen LogP contribution in [0.5, 0.6) is 0 Å². The fourth-order valence-corrected chi connectivity index (χ4v) is 3.07. The molecule has 0 fully saturated rings. The maximum atomic E-state index is 4.81. The van der Waals surface area contributed by atoms with Crippen molar-refractivity contribution in [1.29, 1.82) is 0 Å². The average molecular weight is 341 g/mol. The van der Waals surface area contributed by atoms with Crippen LogP contribution in [0.3, 0.4) is 0 Å². The SMILES string of the molecule is C[O][SnH]([O]C)[O]C.c1ccc2ccccc2c1. The van der Waals surface area contributed by atoms with E-state index in [9.17, 15) is 0 Å². The van der Waals surface area contributed by atoms with Crippen LogP contribution in [0.15, 0.2) is 48.5 Å². The second-order valence-electron chi connectivity index (χ2n) is 3.34. The molecule has 0 bridgehead atoms. The fraction of sp³-hybridized carbons (Fsp3) is 0.231. The third-order valence-electron chi connectivity index (χ3n) is 2.24. The van der Waals surface area contributed by atoms with Crippen LogP contribution < -0.4 is 0 Å². The third-order valence-corrected chi connectivity index (χ3v) is 5.53. The number of fused-ring (bicyclic) bond motifs is 1. The van der Waals surface area contributed by atoms with Crippen molar-refractivity contribution in [3.63, 3.8) is 0 Å². The molecular weight excluding hydrogens is 323 g/mol. The van der Waals surface area contributed by atoms with Crippen molar-refractivity contribution in [2.75, 3.05) is 21.3 Å². The van der Waals surface area contributed by atoms with Crippen LogP contribution in [0.25, 0.3) is 10.8 Å². The molecule has 2 rings (SSSR count). The zero-order valence-electron chi connectivity index (χ0n) is 10.4. The van der Waals surface area contributed by atoms with Crippen LogP contribution in [0.4, 0.5) is 0 Å². The Morgan fingerprint density at radius 3 is 1.12 bits per heavy atom. The predicted octanol–water partition coefficient (Wildman–Crippen LogP) is 2.48. The molecule has 0 heterocycles. The summed E-state index contributed by atoms with van der Waals surface area (Å²) in [5.41, 5.74) is 0. The molecule has 2 aromatic rings. The largest absolute Gasteiger partial charge is 0.0616 e. The molecule has 0 aliphatic heterocycles. The van der Waals surface area contributed by atoms with Crippen LogP contribution in [0.1, 0.15) is 0 Å². The van der Waals surface area contributed by atoms with Gasteiger partial charge in [0.25, 0.3) is 0 Å². The summed E-state index contributed by atoms with van der Waals surface area (Å²) >= 11 is -2.26. The first kappa shape index (κ1) is 14.4. The molecule has 0 spiro atoms. The molecule has 0 aliphatic rings. The van der Waals surface area contributed by atoms with Crippen LogP contribution in [-0.4, -0.2) is 42.3 Å². The van der Waals surface area contributed by atoms with Gasteiger partial charge in [0.2, 0.25) is 0 Å². The Balaban J connectivity index is 0.000000185. The molecule has 0 aromatic heterocycles. The first-order chi connectivity index (χ1) is 8.31. The van der Waals surface area contributed by atoms with Gasteiger partial charge < -0.3 is 0 Å². The minimum Gasteiger partial charge on any atom is -0.0616 e. The van der Waals surface area contributed by atoms with Crippen molar-refractivity contribution < 1.29 is 9.22 Å². The van der Waals surface area contributed by atoms with Crippen molar-refractivity contribution >= 4 is 31.8 Å². The minimum absolute atomic E-state index is 1.31. The topological polar surface area (TPSA) is 27.7 Å². The van der Waals surface area contributed by atoms with Crippen molar-refractivity contribution in [3.8, 4) is 0 Å². The summed E-state index contributed by atoms with van der Waals surface area (Å²) in [6.07, 6.45) is 0. The van der Waals surface area contributed by atoms with Gasteiger partial charge in [-0.3, -0.25) is 0 Å². The van der Waals surface area contributed by atoms with Crippen molar-refractivity contribution in [3.05, 3.63) is 48.5 Å². The maximum absolute atomic E-state index is 4.81. The molecule has 3 nitrogen and oxygen atoms in total.